The molecule has 0 spiro atoms. The van der Waals surface area contributed by atoms with E-state index in [0.717, 1.165) is 17.5 Å². The second-order valence-electron chi connectivity index (χ2n) is 6.52. The highest BCUT2D eigenvalue weighted by Crippen LogP contribution is 2.18. The fraction of sp³-hybridized carbons (Fsp3) is 0.130. The molecule has 28 heavy (non-hydrogen) atoms. The maximum atomic E-state index is 12.5. The first-order chi connectivity index (χ1) is 13.8. The lowest BCUT2D eigenvalue weighted by molar-refractivity contribution is 0.0953. The number of rotatable bonds is 7. The van der Waals surface area contributed by atoms with Crippen molar-refractivity contribution < 1.29 is 9.53 Å². The summed E-state index contributed by atoms with van der Waals surface area (Å²) in [6.45, 7) is 0.975. The van der Waals surface area contributed by atoms with Crippen LogP contribution in [0.3, 0.4) is 0 Å². The molecule has 0 bridgehead atoms. The number of carbonyl (C=O) groups excluding carboxylic acids is 1. The zero-order chi connectivity index (χ0) is 19.2. The largest absolute Gasteiger partial charge is 0.473 e. The molecule has 0 aliphatic heterocycles. The summed E-state index contributed by atoms with van der Waals surface area (Å²) in [4.78, 5) is 19.9. The van der Waals surface area contributed by atoms with E-state index in [1.54, 1.807) is 18.3 Å². The third-order valence-electron chi connectivity index (χ3n) is 4.58. The average Bonchev–Trinajstić information content (AvgIpc) is 3.16. The number of hydrogen-bond donors (Lipinski definition) is 2. The molecular formula is C23H21N3O2. The van der Waals surface area contributed by atoms with Gasteiger partial charge in [0.1, 0.15) is 6.61 Å². The van der Waals surface area contributed by atoms with Gasteiger partial charge in [-0.05, 0) is 29.7 Å². The molecule has 2 N–H and O–H groups in total. The summed E-state index contributed by atoms with van der Waals surface area (Å²) in [5, 5.41) is 4.16. The van der Waals surface area contributed by atoms with Crippen LogP contribution in [0.2, 0.25) is 0 Å². The Kier molecular flexibility index (Phi) is 5.33. The van der Waals surface area contributed by atoms with Crippen molar-refractivity contribution in [2.75, 3.05) is 6.54 Å². The van der Waals surface area contributed by atoms with Gasteiger partial charge in [-0.3, -0.25) is 4.79 Å². The Morgan fingerprint density at radius 3 is 2.75 bits per heavy atom. The number of para-hydroxylation sites is 1. The molecule has 4 aromatic rings. The second-order valence-corrected chi connectivity index (χ2v) is 6.52. The lowest BCUT2D eigenvalue weighted by Gasteiger charge is -2.08. The third-order valence-corrected chi connectivity index (χ3v) is 4.58. The van der Waals surface area contributed by atoms with Crippen LogP contribution in [0.4, 0.5) is 0 Å². The Labute approximate surface area is 163 Å². The van der Waals surface area contributed by atoms with Gasteiger partial charge in [0, 0.05) is 41.5 Å². The number of ether oxygens (including phenoxy) is 1. The second kappa shape index (κ2) is 8.39. The number of aromatic nitrogens is 2. The van der Waals surface area contributed by atoms with Crippen LogP contribution in [0, 0.1) is 0 Å². The van der Waals surface area contributed by atoms with Gasteiger partial charge in [0.25, 0.3) is 5.91 Å². The van der Waals surface area contributed by atoms with Crippen LogP contribution in [0.25, 0.3) is 10.9 Å². The van der Waals surface area contributed by atoms with Crippen LogP contribution in [0.5, 0.6) is 5.88 Å². The minimum Gasteiger partial charge on any atom is -0.473 e. The molecule has 0 unspecified atom stereocenters. The molecule has 4 rings (SSSR count). The summed E-state index contributed by atoms with van der Waals surface area (Å²) in [7, 11) is 0. The number of benzene rings is 2. The van der Waals surface area contributed by atoms with Crippen LogP contribution in [-0.2, 0) is 13.0 Å². The van der Waals surface area contributed by atoms with Gasteiger partial charge < -0.3 is 15.0 Å². The number of amides is 1. The smallest absolute Gasteiger partial charge is 0.251 e. The lowest BCUT2D eigenvalue weighted by Crippen LogP contribution is -2.25. The molecule has 0 fully saturated rings. The van der Waals surface area contributed by atoms with E-state index >= 15 is 0 Å². The number of nitrogens with zero attached hydrogens (tertiary/aromatic N) is 1. The van der Waals surface area contributed by atoms with Gasteiger partial charge in [-0.2, -0.15) is 0 Å². The average molecular weight is 371 g/mol. The Balaban J connectivity index is 1.33. The van der Waals surface area contributed by atoms with Crippen LogP contribution in [0.15, 0.2) is 79.1 Å². The van der Waals surface area contributed by atoms with Crippen LogP contribution in [-0.4, -0.2) is 22.4 Å². The standard InChI is InChI=1S/C23H21N3O2/c27-23(25-13-11-19-15-26-21-9-5-4-8-20(19)21)18-10-12-24-22(14-18)28-16-17-6-2-1-3-7-17/h1-10,12,14-15,26H,11,13,16H2,(H,25,27). The van der Waals surface area contributed by atoms with Crippen molar-refractivity contribution in [3.63, 3.8) is 0 Å². The summed E-state index contributed by atoms with van der Waals surface area (Å²) in [6, 6.07) is 21.4. The molecule has 5 nitrogen and oxygen atoms in total. The minimum atomic E-state index is -0.133. The quantitative estimate of drug-likeness (QED) is 0.514. The monoisotopic (exact) mass is 371 g/mol. The van der Waals surface area contributed by atoms with Gasteiger partial charge in [0.05, 0.1) is 0 Å². The van der Waals surface area contributed by atoms with Crippen molar-refractivity contribution in [3.8, 4) is 5.88 Å². The summed E-state index contributed by atoms with van der Waals surface area (Å²) in [5.41, 5.74) is 3.89. The fourth-order valence-corrected chi connectivity index (χ4v) is 3.11. The van der Waals surface area contributed by atoms with Crippen molar-refractivity contribution in [2.45, 2.75) is 13.0 Å². The van der Waals surface area contributed by atoms with E-state index in [1.807, 2.05) is 54.7 Å². The Hall–Kier alpha value is -3.60. The molecular weight excluding hydrogens is 350 g/mol. The van der Waals surface area contributed by atoms with E-state index in [0.29, 0.717) is 24.6 Å². The summed E-state index contributed by atoms with van der Waals surface area (Å²) in [6.07, 6.45) is 4.35. The van der Waals surface area contributed by atoms with Gasteiger partial charge in [0.2, 0.25) is 5.88 Å². The van der Waals surface area contributed by atoms with Crippen molar-refractivity contribution in [1.82, 2.24) is 15.3 Å². The first-order valence-corrected chi connectivity index (χ1v) is 9.25. The molecule has 0 saturated heterocycles. The maximum Gasteiger partial charge on any atom is 0.251 e. The Morgan fingerprint density at radius 2 is 1.86 bits per heavy atom. The first-order valence-electron chi connectivity index (χ1n) is 9.25. The third kappa shape index (κ3) is 4.20. The zero-order valence-electron chi connectivity index (χ0n) is 15.4. The number of pyridine rings is 1. The van der Waals surface area contributed by atoms with Crippen LogP contribution < -0.4 is 10.1 Å². The van der Waals surface area contributed by atoms with Crippen molar-refractivity contribution in [3.05, 3.63) is 95.8 Å². The number of aromatic amines is 1. The number of H-pyrrole nitrogens is 1. The predicted octanol–water partition coefficient (Wildman–Crippen LogP) is 4.11. The van der Waals surface area contributed by atoms with Crippen LogP contribution in [0.1, 0.15) is 21.5 Å². The van der Waals surface area contributed by atoms with Gasteiger partial charge in [-0.15, -0.1) is 0 Å². The van der Waals surface area contributed by atoms with E-state index in [1.165, 1.54) is 10.9 Å². The van der Waals surface area contributed by atoms with Gasteiger partial charge >= 0.3 is 0 Å². The summed E-state index contributed by atoms with van der Waals surface area (Å²) < 4.78 is 5.70. The number of fused-ring (bicyclic) bond motifs is 1. The van der Waals surface area contributed by atoms with E-state index in [2.05, 4.69) is 21.4 Å². The SMILES string of the molecule is O=C(NCCc1c[nH]c2ccccc12)c1ccnc(OCc2ccccc2)c1. The van der Waals surface area contributed by atoms with Crippen molar-refractivity contribution in [1.29, 1.82) is 0 Å². The van der Waals surface area contributed by atoms with Crippen molar-refractivity contribution >= 4 is 16.8 Å². The molecule has 0 saturated carbocycles. The molecule has 0 aliphatic carbocycles. The first kappa shape index (κ1) is 17.8. The molecule has 2 aromatic carbocycles. The molecule has 5 heteroatoms. The Morgan fingerprint density at radius 1 is 1.04 bits per heavy atom. The molecule has 0 radical (unpaired) electrons. The molecule has 2 heterocycles. The summed E-state index contributed by atoms with van der Waals surface area (Å²) >= 11 is 0. The highest BCUT2D eigenvalue weighted by atomic mass is 16.5. The molecule has 2 aromatic heterocycles. The van der Waals surface area contributed by atoms with Gasteiger partial charge in [-0.1, -0.05) is 48.5 Å². The van der Waals surface area contributed by atoms with Crippen LogP contribution >= 0.6 is 0 Å². The Bertz CT molecular complexity index is 1070. The van der Waals surface area contributed by atoms with E-state index < -0.39 is 0 Å². The van der Waals surface area contributed by atoms with Gasteiger partial charge in [-0.25, -0.2) is 4.98 Å². The summed E-state index contributed by atoms with van der Waals surface area (Å²) in [5.74, 6) is 0.305. The van der Waals surface area contributed by atoms with E-state index in [9.17, 15) is 4.79 Å². The lowest BCUT2D eigenvalue weighted by atomic mass is 10.1. The predicted molar refractivity (Wildman–Crippen MR) is 109 cm³/mol. The number of hydrogen-bond acceptors (Lipinski definition) is 3. The van der Waals surface area contributed by atoms with Gasteiger partial charge in [0.15, 0.2) is 0 Å². The highest BCUT2D eigenvalue weighted by Gasteiger charge is 2.09. The van der Waals surface area contributed by atoms with Crippen molar-refractivity contribution in [2.24, 2.45) is 0 Å². The number of nitrogens with one attached hydrogen (secondary N) is 2. The van der Waals surface area contributed by atoms with E-state index in [4.69, 9.17) is 4.74 Å². The fourth-order valence-electron chi connectivity index (χ4n) is 3.11. The molecule has 0 aliphatic rings. The topological polar surface area (TPSA) is 67.0 Å². The normalized spacial score (nSPS) is 10.7. The molecule has 0 atom stereocenters. The van der Waals surface area contributed by atoms with E-state index in [-0.39, 0.29) is 5.91 Å². The maximum absolute atomic E-state index is 12.5. The molecule has 140 valence electrons. The minimum absolute atomic E-state index is 0.133. The zero-order valence-corrected chi connectivity index (χ0v) is 15.4. The highest BCUT2D eigenvalue weighted by molar-refractivity contribution is 5.94. The number of carbonyl (C=O) groups is 1. The molecule has 1 amide bonds.